The molecule has 2 atom stereocenters. The Morgan fingerprint density at radius 2 is 2.29 bits per heavy atom. The molecule has 0 aliphatic heterocycles. The first kappa shape index (κ1) is 9.75. The molecule has 1 fully saturated rings. The van der Waals surface area contributed by atoms with Crippen LogP contribution in [-0.4, -0.2) is 12.6 Å². The van der Waals surface area contributed by atoms with Gasteiger partial charge in [-0.2, -0.15) is 0 Å². The molecule has 1 saturated carbocycles. The normalized spacial score (nSPS) is 32.9. The van der Waals surface area contributed by atoms with Gasteiger partial charge < -0.3 is 4.74 Å². The van der Waals surface area contributed by atoms with Crippen LogP contribution in [0.5, 0.6) is 0 Å². The molecule has 0 aromatic rings. The number of esters is 1. The summed E-state index contributed by atoms with van der Waals surface area (Å²) in [6.45, 7) is 6.65. The predicted octanol–water partition coefficient (Wildman–Crippen LogP) is 2.54. The van der Waals surface area contributed by atoms with E-state index >= 15 is 0 Å². The molecule has 2 rings (SSSR count). The van der Waals surface area contributed by atoms with Crippen molar-refractivity contribution in [2.24, 2.45) is 17.3 Å². The molecular formula is C12H18O2. The van der Waals surface area contributed by atoms with Crippen LogP contribution < -0.4 is 0 Å². The number of hydrogen-bond donors (Lipinski definition) is 0. The van der Waals surface area contributed by atoms with Crippen molar-refractivity contribution in [2.75, 3.05) is 6.61 Å². The van der Waals surface area contributed by atoms with Crippen molar-refractivity contribution in [1.29, 1.82) is 0 Å². The number of carbonyl (C=O) groups is 1. The summed E-state index contributed by atoms with van der Waals surface area (Å²) in [5.41, 5.74) is 1.83. The summed E-state index contributed by atoms with van der Waals surface area (Å²) in [5, 5.41) is 0. The van der Waals surface area contributed by atoms with Crippen molar-refractivity contribution in [3.05, 3.63) is 11.6 Å². The van der Waals surface area contributed by atoms with Crippen molar-refractivity contribution in [3.8, 4) is 0 Å². The molecule has 2 unspecified atom stereocenters. The quantitative estimate of drug-likeness (QED) is 0.499. The van der Waals surface area contributed by atoms with Gasteiger partial charge in [-0.3, -0.25) is 4.79 Å². The van der Waals surface area contributed by atoms with E-state index in [1.807, 2.05) is 0 Å². The van der Waals surface area contributed by atoms with E-state index in [1.54, 1.807) is 0 Å². The molecule has 0 aromatic carbocycles. The maximum absolute atomic E-state index is 10.7. The molecule has 0 radical (unpaired) electrons. The van der Waals surface area contributed by atoms with E-state index in [0.29, 0.717) is 12.0 Å². The number of allylic oxidation sites excluding steroid dienone is 1. The van der Waals surface area contributed by atoms with Gasteiger partial charge in [0.05, 0.1) is 0 Å². The Kier molecular flexibility index (Phi) is 2.17. The van der Waals surface area contributed by atoms with Gasteiger partial charge in [0, 0.05) is 6.92 Å². The third-order valence-electron chi connectivity index (χ3n) is 3.89. The number of carbonyl (C=O) groups excluding carboxylic acids is 1. The van der Waals surface area contributed by atoms with E-state index in [-0.39, 0.29) is 5.97 Å². The summed E-state index contributed by atoms with van der Waals surface area (Å²) in [6.07, 6.45) is 4.57. The van der Waals surface area contributed by atoms with E-state index in [2.05, 4.69) is 19.9 Å². The fourth-order valence-electron chi connectivity index (χ4n) is 2.70. The second-order valence-corrected chi connectivity index (χ2v) is 5.12. The molecule has 2 nitrogen and oxygen atoms in total. The summed E-state index contributed by atoms with van der Waals surface area (Å²) in [7, 11) is 0. The Labute approximate surface area is 85.3 Å². The summed E-state index contributed by atoms with van der Waals surface area (Å²) in [6, 6.07) is 0. The zero-order valence-corrected chi connectivity index (χ0v) is 9.17. The molecule has 0 spiro atoms. The molecule has 0 bridgehead atoms. The van der Waals surface area contributed by atoms with Gasteiger partial charge in [-0.25, -0.2) is 0 Å². The van der Waals surface area contributed by atoms with Gasteiger partial charge in [0.25, 0.3) is 0 Å². The second-order valence-electron chi connectivity index (χ2n) is 5.12. The molecule has 2 aliphatic carbocycles. The van der Waals surface area contributed by atoms with Crippen LogP contribution in [0.2, 0.25) is 0 Å². The maximum Gasteiger partial charge on any atom is 0.302 e. The topological polar surface area (TPSA) is 26.3 Å². The van der Waals surface area contributed by atoms with Gasteiger partial charge in [-0.05, 0) is 35.7 Å². The van der Waals surface area contributed by atoms with Crippen LogP contribution in [0.4, 0.5) is 0 Å². The zero-order valence-electron chi connectivity index (χ0n) is 9.17. The smallest absolute Gasteiger partial charge is 0.302 e. The number of rotatable bonds is 2. The average molecular weight is 194 g/mol. The van der Waals surface area contributed by atoms with Gasteiger partial charge in [0.15, 0.2) is 0 Å². The minimum absolute atomic E-state index is 0.178. The Morgan fingerprint density at radius 3 is 2.86 bits per heavy atom. The van der Waals surface area contributed by atoms with Crippen LogP contribution in [0.15, 0.2) is 11.6 Å². The maximum atomic E-state index is 10.7. The first-order valence-corrected chi connectivity index (χ1v) is 5.33. The lowest BCUT2D eigenvalue weighted by Gasteiger charge is -2.11. The van der Waals surface area contributed by atoms with Crippen LogP contribution in [0, 0.1) is 17.3 Å². The van der Waals surface area contributed by atoms with Crippen LogP contribution in [0.1, 0.15) is 33.6 Å². The van der Waals surface area contributed by atoms with Gasteiger partial charge >= 0.3 is 5.97 Å². The van der Waals surface area contributed by atoms with Crippen molar-refractivity contribution in [1.82, 2.24) is 0 Å². The number of ether oxygens (including phenoxy) is 1. The molecule has 0 heterocycles. The molecule has 78 valence electrons. The summed E-state index contributed by atoms with van der Waals surface area (Å²) in [5.74, 6) is 1.53. The number of hydrogen-bond acceptors (Lipinski definition) is 2. The van der Waals surface area contributed by atoms with Gasteiger partial charge in [-0.1, -0.05) is 19.9 Å². The van der Waals surface area contributed by atoms with E-state index in [0.717, 1.165) is 18.3 Å². The Hall–Kier alpha value is -0.790. The van der Waals surface area contributed by atoms with Gasteiger partial charge in [0.1, 0.15) is 6.61 Å². The largest absolute Gasteiger partial charge is 0.461 e. The van der Waals surface area contributed by atoms with E-state index in [1.165, 1.54) is 18.9 Å². The molecule has 2 aliphatic rings. The highest BCUT2D eigenvalue weighted by Gasteiger charge is 2.57. The fourth-order valence-corrected chi connectivity index (χ4v) is 2.70. The Balaban J connectivity index is 1.87. The van der Waals surface area contributed by atoms with E-state index < -0.39 is 0 Å². The highest BCUT2D eigenvalue weighted by Crippen LogP contribution is 2.64. The molecule has 0 aromatic heterocycles. The van der Waals surface area contributed by atoms with Crippen LogP contribution in [-0.2, 0) is 9.53 Å². The van der Waals surface area contributed by atoms with Gasteiger partial charge in [-0.15, -0.1) is 0 Å². The van der Waals surface area contributed by atoms with E-state index in [4.69, 9.17) is 4.74 Å². The molecule has 2 heteroatoms. The predicted molar refractivity (Wildman–Crippen MR) is 54.7 cm³/mol. The fraction of sp³-hybridized carbons (Fsp3) is 0.750. The minimum atomic E-state index is -0.178. The minimum Gasteiger partial charge on any atom is -0.461 e. The summed E-state index contributed by atoms with van der Waals surface area (Å²) >= 11 is 0. The first-order chi connectivity index (χ1) is 6.51. The van der Waals surface area contributed by atoms with E-state index in [9.17, 15) is 4.79 Å². The van der Waals surface area contributed by atoms with Crippen LogP contribution >= 0.6 is 0 Å². The first-order valence-electron chi connectivity index (χ1n) is 5.33. The lowest BCUT2D eigenvalue weighted by molar-refractivity contribution is -0.140. The number of fused-ring (bicyclic) bond motifs is 1. The molecule has 0 amide bonds. The lowest BCUT2D eigenvalue weighted by atomic mass is 10.0. The molecular weight excluding hydrogens is 176 g/mol. The van der Waals surface area contributed by atoms with Crippen LogP contribution in [0.3, 0.4) is 0 Å². The third kappa shape index (κ3) is 1.58. The van der Waals surface area contributed by atoms with Crippen LogP contribution in [0.25, 0.3) is 0 Å². The molecule has 14 heavy (non-hydrogen) atoms. The van der Waals surface area contributed by atoms with Crippen molar-refractivity contribution in [3.63, 3.8) is 0 Å². The standard InChI is InChI=1S/C12H18O2/c1-8(13)14-7-9-4-5-10-11(6-9)12(10,2)3/h4,10-11H,5-7H2,1-3H3. The SMILES string of the molecule is CC(=O)OCC1=CCC2C(C1)C2(C)C. The summed E-state index contributed by atoms with van der Waals surface area (Å²) in [4.78, 5) is 10.7. The Morgan fingerprint density at radius 1 is 1.57 bits per heavy atom. The van der Waals surface area contributed by atoms with Crippen molar-refractivity contribution >= 4 is 5.97 Å². The average Bonchev–Trinajstić information content (AvgIpc) is 2.66. The zero-order chi connectivity index (χ0) is 10.3. The molecule has 0 N–H and O–H groups in total. The highest BCUT2D eigenvalue weighted by molar-refractivity contribution is 5.66. The Bertz CT molecular complexity index is 289. The highest BCUT2D eigenvalue weighted by atomic mass is 16.5. The van der Waals surface area contributed by atoms with Crippen molar-refractivity contribution < 1.29 is 9.53 Å². The summed E-state index contributed by atoms with van der Waals surface area (Å²) < 4.78 is 5.01. The second kappa shape index (κ2) is 3.11. The molecule has 0 saturated heterocycles. The van der Waals surface area contributed by atoms with Gasteiger partial charge in [0.2, 0.25) is 0 Å². The third-order valence-corrected chi connectivity index (χ3v) is 3.89. The monoisotopic (exact) mass is 194 g/mol. The lowest BCUT2D eigenvalue weighted by Crippen LogP contribution is -2.06. The van der Waals surface area contributed by atoms with Crippen molar-refractivity contribution in [2.45, 2.75) is 33.6 Å².